The van der Waals surface area contributed by atoms with Crippen molar-refractivity contribution in [1.29, 1.82) is 0 Å². The van der Waals surface area contributed by atoms with Crippen LogP contribution in [0.2, 0.25) is 0 Å². The van der Waals surface area contributed by atoms with E-state index in [2.05, 4.69) is 0 Å². The summed E-state index contributed by atoms with van der Waals surface area (Å²) in [6.07, 6.45) is 4.71. The summed E-state index contributed by atoms with van der Waals surface area (Å²) in [5.41, 5.74) is 0. The molecule has 0 bridgehead atoms. The fourth-order valence-corrected chi connectivity index (χ4v) is 4.84. The van der Waals surface area contributed by atoms with E-state index in [1.807, 2.05) is 42.0 Å². The molecule has 0 radical (unpaired) electrons. The molecule has 1 aliphatic heterocycles. The van der Waals surface area contributed by atoms with Gasteiger partial charge in [0.25, 0.3) is 0 Å². The molecule has 3 atom stereocenters. The third-order valence-corrected chi connectivity index (χ3v) is 6.14. The third kappa shape index (κ3) is 2.58. The molecule has 1 aromatic rings. The molecular formula is C14H20NO3P. The van der Waals surface area contributed by atoms with Crippen molar-refractivity contribution in [3.8, 4) is 5.75 Å². The van der Waals surface area contributed by atoms with E-state index < -0.39 is 7.75 Å². The van der Waals surface area contributed by atoms with E-state index in [4.69, 9.17) is 9.05 Å². The van der Waals surface area contributed by atoms with Gasteiger partial charge in [0.2, 0.25) is 0 Å². The van der Waals surface area contributed by atoms with Gasteiger partial charge in [0.15, 0.2) is 0 Å². The predicted octanol–water partition coefficient (Wildman–Crippen LogP) is 3.69. The fourth-order valence-electron chi connectivity index (χ4n) is 3.04. The second-order valence-electron chi connectivity index (χ2n) is 5.35. The van der Waals surface area contributed by atoms with Crippen LogP contribution in [0, 0.1) is 5.92 Å². The number of nitrogens with zero attached hydrogens (tertiary/aromatic N) is 1. The van der Waals surface area contributed by atoms with Crippen molar-refractivity contribution < 1.29 is 13.6 Å². The summed E-state index contributed by atoms with van der Waals surface area (Å²) in [7, 11) is -1.32. The summed E-state index contributed by atoms with van der Waals surface area (Å²) in [4.78, 5) is 0. The maximum Gasteiger partial charge on any atom is 0.461 e. The highest BCUT2D eigenvalue weighted by Gasteiger charge is 2.46. The lowest BCUT2D eigenvalue weighted by Crippen LogP contribution is -2.45. The van der Waals surface area contributed by atoms with Crippen molar-refractivity contribution in [1.82, 2.24) is 4.67 Å². The molecule has 1 aliphatic carbocycles. The van der Waals surface area contributed by atoms with Crippen LogP contribution >= 0.6 is 7.75 Å². The summed E-state index contributed by atoms with van der Waals surface area (Å²) in [5.74, 6) is 1.10. The van der Waals surface area contributed by atoms with Gasteiger partial charge in [0.1, 0.15) is 5.75 Å². The topological polar surface area (TPSA) is 38.8 Å². The fraction of sp³-hybridized carbons (Fsp3) is 0.571. The van der Waals surface area contributed by atoms with E-state index >= 15 is 0 Å². The highest BCUT2D eigenvalue weighted by Crippen LogP contribution is 2.57. The Labute approximate surface area is 114 Å². The van der Waals surface area contributed by atoms with E-state index in [0.717, 1.165) is 6.42 Å². The van der Waals surface area contributed by atoms with Crippen LogP contribution < -0.4 is 4.52 Å². The van der Waals surface area contributed by atoms with Gasteiger partial charge in [-0.15, -0.1) is 0 Å². The molecule has 1 saturated carbocycles. The van der Waals surface area contributed by atoms with Crippen LogP contribution in [0.1, 0.15) is 25.7 Å². The van der Waals surface area contributed by atoms with Crippen LogP contribution in [0.4, 0.5) is 0 Å². The van der Waals surface area contributed by atoms with Gasteiger partial charge >= 0.3 is 7.75 Å². The molecule has 2 aliphatic rings. The first-order valence-corrected chi connectivity index (χ1v) is 8.41. The predicted molar refractivity (Wildman–Crippen MR) is 74.1 cm³/mol. The van der Waals surface area contributed by atoms with Crippen LogP contribution in [-0.2, 0) is 9.09 Å². The van der Waals surface area contributed by atoms with E-state index in [-0.39, 0.29) is 0 Å². The summed E-state index contributed by atoms with van der Waals surface area (Å²) in [6, 6.07) is 9.60. The molecule has 5 heteroatoms. The third-order valence-electron chi connectivity index (χ3n) is 4.15. The lowest BCUT2D eigenvalue weighted by atomic mass is 9.85. The molecule has 4 nitrogen and oxygen atoms in total. The van der Waals surface area contributed by atoms with Gasteiger partial charge < -0.3 is 4.52 Å². The Hall–Kier alpha value is -0.830. The monoisotopic (exact) mass is 281 g/mol. The SMILES string of the molecule is CN1[C@@H]2CCCC[C@@H]2COP1(=O)Oc1ccccc1. The first-order chi connectivity index (χ1) is 9.19. The Morgan fingerprint density at radius 1 is 1.26 bits per heavy atom. The van der Waals surface area contributed by atoms with Gasteiger partial charge in [0, 0.05) is 6.04 Å². The van der Waals surface area contributed by atoms with Gasteiger partial charge in [-0.3, -0.25) is 4.52 Å². The zero-order chi connectivity index (χ0) is 13.3. The quantitative estimate of drug-likeness (QED) is 0.775. The minimum Gasteiger partial charge on any atom is -0.413 e. The Bertz CT molecular complexity index is 479. The van der Waals surface area contributed by atoms with Gasteiger partial charge in [-0.05, 0) is 37.9 Å². The Balaban J connectivity index is 1.78. The number of para-hydroxylation sites is 1. The van der Waals surface area contributed by atoms with Crippen LogP contribution in [0.5, 0.6) is 5.75 Å². The molecule has 0 aromatic heterocycles. The molecular weight excluding hydrogens is 261 g/mol. The molecule has 1 aromatic carbocycles. The summed E-state index contributed by atoms with van der Waals surface area (Å²) >= 11 is 0. The van der Waals surface area contributed by atoms with Gasteiger partial charge in [0.05, 0.1) is 6.61 Å². The molecule has 0 spiro atoms. The number of fused-ring (bicyclic) bond motifs is 1. The molecule has 2 fully saturated rings. The normalized spacial score (nSPS) is 35.6. The average molecular weight is 281 g/mol. The maximum atomic E-state index is 12.9. The first kappa shape index (κ1) is 13.2. The Kier molecular flexibility index (Phi) is 3.66. The number of benzene rings is 1. The smallest absolute Gasteiger partial charge is 0.413 e. The van der Waals surface area contributed by atoms with Crippen molar-refractivity contribution in [2.45, 2.75) is 31.7 Å². The molecule has 1 unspecified atom stereocenters. The van der Waals surface area contributed by atoms with Crippen LogP contribution in [0.25, 0.3) is 0 Å². The van der Waals surface area contributed by atoms with Gasteiger partial charge in [-0.1, -0.05) is 31.0 Å². The highest BCUT2D eigenvalue weighted by atomic mass is 31.2. The van der Waals surface area contributed by atoms with Gasteiger partial charge in [-0.2, -0.15) is 4.67 Å². The van der Waals surface area contributed by atoms with Crippen molar-refractivity contribution in [2.75, 3.05) is 13.7 Å². The first-order valence-electron chi connectivity index (χ1n) is 6.91. The van der Waals surface area contributed by atoms with Crippen molar-refractivity contribution in [3.63, 3.8) is 0 Å². The number of hydrogen-bond donors (Lipinski definition) is 0. The summed E-state index contributed by atoms with van der Waals surface area (Å²) in [6.45, 7) is 0.555. The molecule has 0 amide bonds. The Morgan fingerprint density at radius 3 is 2.79 bits per heavy atom. The lowest BCUT2D eigenvalue weighted by Gasteiger charge is -2.44. The van der Waals surface area contributed by atoms with E-state index in [1.165, 1.54) is 19.3 Å². The lowest BCUT2D eigenvalue weighted by molar-refractivity contribution is 0.0588. The highest BCUT2D eigenvalue weighted by molar-refractivity contribution is 7.51. The van der Waals surface area contributed by atoms with Crippen molar-refractivity contribution in [2.24, 2.45) is 5.92 Å². The van der Waals surface area contributed by atoms with E-state index in [1.54, 1.807) is 0 Å². The summed E-state index contributed by atoms with van der Waals surface area (Å²) < 4.78 is 26.0. The molecule has 1 heterocycles. The molecule has 19 heavy (non-hydrogen) atoms. The molecule has 3 rings (SSSR count). The zero-order valence-electron chi connectivity index (χ0n) is 11.2. The second kappa shape index (κ2) is 5.28. The van der Waals surface area contributed by atoms with Crippen molar-refractivity contribution in [3.05, 3.63) is 30.3 Å². The zero-order valence-corrected chi connectivity index (χ0v) is 12.1. The largest absolute Gasteiger partial charge is 0.461 e. The Morgan fingerprint density at radius 2 is 2.00 bits per heavy atom. The maximum absolute atomic E-state index is 12.9. The van der Waals surface area contributed by atoms with Gasteiger partial charge in [-0.25, -0.2) is 4.57 Å². The van der Waals surface area contributed by atoms with Crippen LogP contribution in [-0.4, -0.2) is 24.4 Å². The second-order valence-corrected chi connectivity index (χ2v) is 7.36. The number of rotatable bonds is 2. The molecule has 1 saturated heterocycles. The summed E-state index contributed by atoms with van der Waals surface area (Å²) in [5, 5.41) is 0. The van der Waals surface area contributed by atoms with Crippen LogP contribution in [0.15, 0.2) is 30.3 Å². The molecule has 0 N–H and O–H groups in total. The van der Waals surface area contributed by atoms with Crippen LogP contribution in [0.3, 0.4) is 0 Å². The van der Waals surface area contributed by atoms with E-state index in [9.17, 15) is 4.57 Å². The standard InChI is InChI=1S/C14H20NO3P/c1-15-14-10-6-5-7-12(14)11-17-19(15,16)18-13-8-3-2-4-9-13/h2-4,8-9,12,14H,5-7,10-11H2,1H3/t12-,14-,19?/m1/s1. The van der Waals surface area contributed by atoms with E-state index in [0.29, 0.717) is 24.3 Å². The van der Waals surface area contributed by atoms with Crippen molar-refractivity contribution >= 4 is 7.75 Å². The molecule has 104 valence electrons. The minimum atomic E-state index is -3.18. The minimum absolute atomic E-state index is 0.331. The number of hydrogen-bond acceptors (Lipinski definition) is 3. The average Bonchev–Trinajstić information content (AvgIpc) is 2.45.